The number of Topliss-reactive ketones (excluding diaryl/α,β-unsaturated/α-hetero) is 1. The topological polar surface area (TPSA) is 97.1 Å². The number of hydrogen-bond acceptors (Lipinski definition) is 7. The third kappa shape index (κ3) is 10.3. The second-order valence-corrected chi connectivity index (χ2v) is 10.5. The fourth-order valence-corrected chi connectivity index (χ4v) is 4.62. The molecule has 0 aliphatic rings. The molecule has 0 fully saturated rings. The molecule has 0 N–H and O–H groups in total. The van der Waals surface area contributed by atoms with Crippen LogP contribution in [0.5, 0.6) is 23.0 Å². The van der Waals surface area contributed by atoms with Gasteiger partial charge in [0, 0.05) is 41.0 Å². The second-order valence-electron chi connectivity index (χ2n) is 8.68. The lowest BCUT2D eigenvalue weighted by molar-refractivity contribution is -0.483. The van der Waals surface area contributed by atoms with Gasteiger partial charge < -0.3 is 18.9 Å². The highest BCUT2D eigenvalue weighted by atomic mass is 35.5. The van der Waals surface area contributed by atoms with E-state index in [1.54, 1.807) is 60.7 Å². The monoisotopic (exact) mass is 641 g/mol. The first-order chi connectivity index (χ1) is 19.7. The molecule has 3 aromatic carbocycles. The summed E-state index contributed by atoms with van der Waals surface area (Å²) >= 11 is 23.7. The highest BCUT2D eigenvalue weighted by molar-refractivity contribution is 6.55. The van der Waals surface area contributed by atoms with E-state index >= 15 is 0 Å². The Labute approximate surface area is 257 Å². The highest BCUT2D eigenvalue weighted by Gasteiger charge is 2.25. The van der Waals surface area contributed by atoms with Gasteiger partial charge in [-0.15, -0.1) is 0 Å². The summed E-state index contributed by atoms with van der Waals surface area (Å²) in [7, 11) is 1.49. The van der Waals surface area contributed by atoms with Gasteiger partial charge in [-0.25, -0.2) is 0 Å². The summed E-state index contributed by atoms with van der Waals surface area (Å²) in [5.74, 6) is 1.01. The number of methoxy groups -OCH3 is 1. The van der Waals surface area contributed by atoms with E-state index in [1.165, 1.54) is 13.2 Å². The number of halogens is 4. The van der Waals surface area contributed by atoms with Crippen LogP contribution in [0.3, 0.4) is 0 Å². The minimum absolute atomic E-state index is 0.0318. The summed E-state index contributed by atoms with van der Waals surface area (Å²) in [4.78, 5) is 23.8. The van der Waals surface area contributed by atoms with Crippen LogP contribution >= 0.6 is 46.4 Å². The van der Waals surface area contributed by atoms with E-state index in [1.807, 2.05) is 0 Å². The van der Waals surface area contributed by atoms with E-state index in [2.05, 4.69) is 0 Å². The first kappa shape index (κ1) is 32.3. The Kier molecular flexibility index (Phi) is 12.9. The van der Waals surface area contributed by atoms with Gasteiger partial charge >= 0.3 is 0 Å². The molecular weight excluding hydrogens is 616 g/mol. The van der Waals surface area contributed by atoms with Gasteiger partial charge in [-0.05, 0) is 36.4 Å². The molecule has 41 heavy (non-hydrogen) atoms. The van der Waals surface area contributed by atoms with Gasteiger partial charge in [0.05, 0.1) is 36.3 Å². The zero-order valence-electron chi connectivity index (χ0n) is 22.0. The van der Waals surface area contributed by atoms with Gasteiger partial charge in [0.2, 0.25) is 6.54 Å². The minimum Gasteiger partial charge on any atom is -0.496 e. The van der Waals surface area contributed by atoms with Crippen molar-refractivity contribution in [3.05, 3.63) is 103 Å². The van der Waals surface area contributed by atoms with E-state index in [0.717, 1.165) is 0 Å². The van der Waals surface area contributed by atoms with Crippen LogP contribution in [-0.4, -0.2) is 44.2 Å². The smallest absolute Gasteiger partial charge is 0.211 e. The predicted molar refractivity (Wildman–Crippen MR) is 160 cm³/mol. The summed E-state index contributed by atoms with van der Waals surface area (Å²) in [6, 6.07) is 16.8. The average molecular weight is 643 g/mol. The lowest BCUT2D eigenvalue weighted by Gasteiger charge is -2.16. The fraction of sp³-hybridized carbons (Fsp3) is 0.276. The third-order valence-electron chi connectivity index (χ3n) is 5.82. The molecule has 0 heterocycles. The molecule has 0 amide bonds. The zero-order valence-corrected chi connectivity index (χ0v) is 25.0. The van der Waals surface area contributed by atoms with Gasteiger partial charge in [0.15, 0.2) is 11.5 Å². The molecular formula is C29H27Cl4NO7. The van der Waals surface area contributed by atoms with Crippen molar-refractivity contribution in [2.45, 2.75) is 18.8 Å². The van der Waals surface area contributed by atoms with Crippen molar-refractivity contribution >= 4 is 52.2 Å². The Hall–Kier alpha value is -3.17. The van der Waals surface area contributed by atoms with Gasteiger partial charge in [-0.1, -0.05) is 64.6 Å². The molecule has 0 aliphatic heterocycles. The van der Waals surface area contributed by atoms with Gasteiger partial charge in [0.1, 0.15) is 28.3 Å². The van der Waals surface area contributed by atoms with Crippen molar-refractivity contribution in [2.24, 2.45) is 0 Å². The van der Waals surface area contributed by atoms with Crippen molar-refractivity contribution in [2.75, 3.05) is 33.5 Å². The predicted octanol–water partition coefficient (Wildman–Crippen LogP) is 8.18. The molecule has 218 valence electrons. The van der Waals surface area contributed by atoms with Crippen LogP contribution < -0.4 is 18.9 Å². The summed E-state index contributed by atoms with van der Waals surface area (Å²) in [6.45, 7) is 0.410. The van der Waals surface area contributed by atoms with E-state index in [-0.39, 0.29) is 29.8 Å². The maximum Gasteiger partial charge on any atom is 0.211 e. The van der Waals surface area contributed by atoms with Crippen molar-refractivity contribution in [3.8, 4) is 23.0 Å². The number of rotatable bonds is 16. The quantitative estimate of drug-likeness (QED) is 0.0672. The lowest BCUT2D eigenvalue weighted by Crippen LogP contribution is -2.17. The molecule has 1 atom stereocenters. The molecule has 8 nitrogen and oxygen atoms in total. The third-order valence-corrected chi connectivity index (χ3v) is 6.69. The minimum atomic E-state index is -0.623. The molecule has 0 radical (unpaired) electrons. The van der Waals surface area contributed by atoms with Crippen molar-refractivity contribution in [1.82, 2.24) is 0 Å². The number of carbonyl (C=O) groups is 1. The van der Waals surface area contributed by atoms with Gasteiger partial charge in [0.25, 0.3) is 0 Å². The van der Waals surface area contributed by atoms with Crippen LogP contribution in [0, 0.1) is 10.1 Å². The van der Waals surface area contributed by atoms with Crippen LogP contribution in [0.15, 0.2) is 71.2 Å². The molecule has 3 aromatic rings. The summed E-state index contributed by atoms with van der Waals surface area (Å²) < 4.78 is 22.4. The van der Waals surface area contributed by atoms with E-state index in [0.29, 0.717) is 63.8 Å². The van der Waals surface area contributed by atoms with Crippen molar-refractivity contribution < 1.29 is 28.7 Å². The number of para-hydroxylation sites is 1. The van der Waals surface area contributed by atoms with Gasteiger partial charge in [-0.2, -0.15) is 0 Å². The Morgan fingerprint density at radius 1 is 0.951 bits per heavy atom. The molecule has 1 unspecified atom stereocenters. The Bertz CT molecular complexity index is 1340. The first-order valence-electron chi connectivity index (χ1n) is 12.4. The number of nitro groups is 1. The molecule has 0 aliphatic carbocycles. The van der Waals surface area contributed by atoms with Crippen LogP contribution in [0.25, 0.3) is 0 Å². The Morgan fingerprint density at radius 3 is 2.24 bits per heavy atom. The number of ketones is 1. The highest BCUT2D eigenvalue weighted by Crippen LogP contribution is 2.37. The molecule has 3 rings (SSSR count). The standard InChI is InChI=1S/C29H27Cl4NO7/c1-38-27-6-3-2-5-23(27)20(18-34(36)37)15-26(35)19-7-9-21(10-8-19)39-12-4-13-41-29-24(30)16-22(17-25(29)31)40-14-11-28(32)33/h2-3,5-11,16-17,20H,4,12-15,18H2,1H3. The Balaban J connectivity index is 1.49. The molecule has 0 bridgehead atoms. The number of benzene rings is 3. The summed E-state index contributed by atoms with van der Waals surface area (Å²) in [6.07, 6.45) is 1.99. The molecule has 0 saturated carbocycles. The summed E-state index contributed by atoms with van der Waals surface area (Å²) in [5, 5.41) is 11.9. The maximum atomic E-state index is 12.9. The molecule has 0 spiro atoms. The summed E-state index contributed by atoms with van der Waals surface area (Å²) in [5.41, 5.74) is 1.06. The fourth-order valence-electron chi connectivity index (χ4n) is 3.92. The van der Waals surface area contributed by atoms with Crippen LogP contribution in [0.1, 0.15) is 34.7 Å². The average Bonchev–Trinajstić information content (AvgIpc) is 2.93. The van der Waals surface area contributed by atoms with E-state index in [9.17, 15) is 14.9 Å². The lowest BCUT2D eigenvalue weighted by atomic mass is 9.91. The number of carbonyl (C=O) groups excluding carboxylic acids is 1. The Morgan fingerprint density at radius 2 is 1.61 bits per heavy atom. The van der Waals surface area contributed by atoms with Crippen molar-refractivity contribution in [3.63, 3.8) is 0 Å². The van der Waals surface area contributed by atoms with Crippen molar-refractivity contribution in [1.29, 1.82) is 0 Å². The van der Waals surface area contributed by atoms with Gasteiger partial charge in [-0.3, -0.25) is 14.9 Å². The molecule has 0 saturated heterocycles. The van der Waals surface area contributed by atoms with Crippen LogP contribution in [0.2, 0.25) is 10.0 Å². The van der Waals surface area contributed by atoms with E-state index < -0.39 is 10.8 Å². The number of hydrogen-bond donors (Lipinski definition) is 0. The van der Waals surface area contributed by atoms with Crippen LogP contribution in [0.4, 0.5) is 0 Å². The molecule has 0 aromatic heterocycles. The normalized spacial score (nSPS) is 11.3. The zero-order chi connectivity index (χ0) is 29.8. The second kappa shape index (κ2) is 16.3. The number of ether oxygens (including phenoxy) is 4. The maximum absolute atomic E-state index is 12.9. The van der Waals surface area contributed by atoms with E-state index in [4.69, 9.17) is 65.4 Å². The van der Waals surface area contributed by atoms with Crippen LogP contribution in [-0.2, 0) is 0 Å². The molecule has 12 heteroatoms. The SMILES string of the molecule is COc1ccccc1C(CC(=O)c1ccc(OCCCOc2c(Cl)cc(OCC=C(Cl)Cl)cc2Cl)cc1)C[N+](=O)[O-]. The first-order valence-corrected chi connectivity index (χ1v) is 14.0. The largest absolute Gasteiger partial charge is 0.496 e. The number of nitrogens with zero attached hydrogens (tertiary/aromatic N) is 1.